The smallest absolute Gasteiger partial charge is 0.0897 e. The molecule has 0 bridgehead atoms. The Balaban J connectivity index is 1.68. The molecule has 0 amide bonds. The van der Waals surface area contributed by atoms with E-state index in [0.29, 0.717) is 0 Å². The van der Waals surface area contributed by atoms with Gasteiger partial charge in [0, 0.05) is 17.6 Å². The number of nitrogens with zero attached hydrogens (tertiary/aromatic N) is 1. The third kappa shape index (κ3) is 2.51. The van der Waals surface area contributed by atoms with Crippen molar-refractivity contribution in [3.8, 4) is 0 Å². The highest BCUT2D eigenvalue weighted by atomic mass is 32.1. The van der Waals surface area contributed by atoms with E-state index in [1.54, 1.807) is 11.3 Å². The molecule has 1 aliphatic rings. The van der Waals surface area contributed by atoms with Crippen LogP contribution in [0, 0.1) is 18.8 Å². The molecule has 3 heteroatoms. The summed E-state index contributed by atoms with van der Waals surface area (Å²) < 4.78 is 0. The van der Waals surface area contributed by atoms with Crippen LogP contribution in [-0.2, 0) is 6.54 Å². The summed E-state index contributed by atoms with van der Waals surface area (Å²) in [6, 6.07) is 0. The first-order valence-electron chi connectivity index (χ1n) is 4.87. The van der Waals surface area contributed by atoms with Crippen molar-refractivity contribution in [2.45, 2.75) is 26.8 Å². The van der Waals surface area contributed by atoms with Gasteiger partial charge in [0.05, 0.1) is 5.01 Å². The first kappa shape index (κ1) is 9.16. The van der Waals surface area contributed by atoms with Gasteiger partial charge >= 0.3 is 0 Å². The largest absolute Gasteiger partial charge is 0.312 e. The van der Waals surface area contributed by atoms with Gasteiger partial charge in [0.1, 0.15) is 0 Å². The molecule has 1 fully saturated rings. The van der Waals surface area contributed by atoms with Crippen LogP contribution in [-0.4, -0.2) is 11.5 Å². The van der Waals surface area contributed by atoms with Crippen molar-refractivity contribution < 1.29 is 0 Å². The van der Waals surface area contributed by atoms with Crippen LogP contribution < -0.4 is 5.32 Å². The first-order chi connectivity index (χ1) is 6.25. The lowest BCUT2D eigenvalue weighted by atomic mass is 10.3. The van der Waals surface area contributed by atoms with Crippen LogP contribution in [0.4, 0.5) is 0 Å². The monoisotopic (exact) mass is 196 g/mol. The van der Waals surface area contributed by atoms with Crippen molar-refractivity contribution in [3.05, 3.63) is 16.1 Å². The minimum absolute atomic E-state index is 0.939. The van der Waals surface area contributed by atoms with Crippen molar-refractivity contribution in [2.75, 3.05) is 6.54 Å². The van der Waals surface area contributed by atoms with Gasteiger partial charge in [0.25, 0.3) is 0 Å². The average Bonchev–Trinajstić information content (AvgIpc) is 2.60. The molecule has 0 aliphatic heterocycles. The number of hydrogen-bond donors (Lipinski definition) is 1. The van der Waals surface area contributed by atoms with E-state index >= 15 is 0 Å². The maximum absolute atomic E-state index is 4.22. The topological polar surface area (TPSA) is 24.9 Å². The molecule has 1 aromatic heterocycles. The number of aryl methyl sites for hydroxylation is 1. The third-order valence-electron chi connectivity index (χ3n) is 2.65. The number of rotatable bonds is 4. The molecule has 2 nitrogen and oxygen atoms in total. The van der Waals surface area contributed by atoms with Crippen LogP contribution in [0.1, 0.15) is 23.2 Å². The quantitative estimate of drug-likeness (QED) is 0.798. The van der Waals surface area contributed by atoms with Gasteiger partial charge in [-0.2, -0.15) is 0 Å². The Kier molecular flexibility index (Phi) is 2.65. The van der Waals surface area contributed by atoms with E-state index in [2.05, 4.69) is 24.1 Å². The van der Waals surface area contributed by atoms with Crippen LogP contribution >= 0.6 is 11.3 Å². The Morgan fingerprint density at radius 2 is 2.46 bits per heavy atom. The van der Waals surface area contributed by atoms with E-state index in [4.69, 9.17) is 0 Å². The number of aromatic nitrogens is 1. The third-order valence-corrected chi connectivity index (χ3v) is 3.56. The fraction of sp³-hybridized carbons (Fsp3) is 0.700. The number of nitrogens with one attached hydrogen (secondary N) is 1. The maximum atomic E-state index is 4.22. The second-order valence-corrected chi connectivity index (χ2v) is 5.27. The Morgan fingerprint density at radius 3 is 3.00 bits per heavy atom. The number of hydrogen-bond acceptors (Lipinski definition) is 3. The molecular weight excluding hydrogens is 180 g/mol. The Bertz CT molecular complexity index is 282. The Hall–Kier alpha value is -0.410. The summed E-state index contributed by atoms with van der Waals surface area (Å²) >= 11 is 1.79. The van der Waals surface area contributed by atoms with Crippen LogP contribution in [0.3, 0.4) is 0 Å². The lowest BCUT2D eigenvalue weighted by molar-refractivity contribution is 0.615. The highest BCUT2D eigenvalue weighted by Gasteiger charge is 2.31. The van der Waals surface area contributed by atoms with E-state index in [1.807, 2.05) is 6.20 Å². The van der Waals surface area contributed by atoms with Crippen molar-refractivity contribution in [2.24, 2.45) is 11.8 Å². The SMILES string of the molecule is Cc1ncc(CNCC2CC2C)s1. The van der Waals surface area contributed by atoms with Gasteiger partial charge in [-0.25, -0.2) is 4.98 Å². The maximum Gasteiger partial charge on any atom is 0.0897 e. The van der Waals surface area contributed by atoms with Gasteiger partial charge in [-0.15, -0.1) is 11.3 Å². The average molecular weight is 196 g/mol. The van der Waals surface area contributed by atoms with E-state index in [0.717, 1.165) is 23.4 Å². The molecule has 72 valence electrons. The summed E-state index contributed by atoms with van der Waals surface area (Å²) in [4.78, 5) is 5.58. The van der Waals surface area contributed by atoms with Gasteiger partial charge in [-0.3, -0.25) is 0 Å². The zero-order valence-corrected chi connectivity index (χ0v) is 9.03. The summed E-state index contributed by atoms with van der Waals surface area (Å²) in [5.41, 5.74) is 0. The van der Waals surface area contributed by atoms with Crippen molar-refractivity contribution in [1.82, 2.24) is 10.3 Å². The first-order valence-corrected chi connectivity index (χ1v) is 5.69. The van der Waals surface area contributed by atoms with Crippen LogP contribution in [0.5, 0.6) is 0 Å². The molecule has 0 saturated heterocycles. The van der Waals surface area contributed by atoms with Gasteiger partial charge < -0.3 is 5.32 Å². The minimum Gasteiger partial charge on any atom is -0.312 e. The standard InChI is InChI=1S/C10H16N2S/c1-7-3-9(7)4-11-5-10-6-12-8(2)13-10/h6-7,9,11H,3-5H2,1-2H3. The van der Waals surface area contributed by atoms with E-state index in [1.165, 1.54) is 17.8 Å². The molecule has 0 spiro atoms. The van der Waals surface area contributed by atoms with E-state index in [9.17, 15) is 0 Å². The second kappa shape index (κ2) is 3.76. The summed E-state index contributed by atoms with van der Waals surface area (Å²) in [6.07, 6.45) is 3.39. The summed E-state index contributed by atoms with van der Waals surface area (Å²) in [6.45, 7) is 6.55. The summed E-state index contributed by atoms with van der Waals surface area (Å²) in [5, 5.41) is 4.64. The van der Waals surface area contributed by atoms with Gasteiger partial charge in [0.2, 0.25) is 0 Å². The predicted octanol–water partition coefficient (Wildman–Crippen LogP) is 2.20. The molecule has 2 atom stereocenters. The van der Waals surface area contributed by atoms with Crippen LogP contribution in [0.2, 0.25) is 0 Å². The molecular formula is C10H16N2S. The number of thiazole rings is 1. The molecule has 2 rings (SSSR count). The van der Waals surface area contributed by atoms with Crippen molar-refractivity contribution in [3.63, 3.8) is 0 Å². The molecule has 2 unspecified atom stereocenters. The van der Waals surface area contributed by atoms with Gasteiger partial charge in [-0.05, 0) is 31.7 Å². The molecule has 1 aliphatic carbocycles. The molecule has 0 radical (unpaired) electrons. The van der Waals surface area contributed by atoms with Gasteiger partial charge in [0.15, 0.2) is 0 Å². The normalized spacial score (nSPS) is 26.3. The van der Waals surface area contributed by atoms with Crippen molar-refractivity contribution in [1.29, 1.82) is 0 Å². The van der Waals surface area contributed by atoms with Crippen molar-refractivity contribution >= 4 is 11.3 Å². The van der Waals surface area contributed by atoms with Gasteiger partial charge in [-0.1, -0.05) is 6.92 Å². The molecule has 1 N–H and O–H groups in total. The minimum atomic E-state index is 0.939. The molecule has 1 saturated carbocycles. The molecule has 13 heavy (non-hydrogen) atoms. The molecule has 1 heterocycles. The zero-order valence-electron chi connectivity index (χ0n) is 8.21. The Labute approximate surface area is 83.4 Å². The lowest BCUT2D eigenvalue weighted by Gasteiger charge is -1.99. The predicted molar refractivity (Wildman–Crippen MR) is 55.8 cm³/mol. The second-order valence-electron chi connectivity index (χ2n) is 3.95. The Morgan fingerprint density at radius 1 is 1.69 bits per heavy atom. The van der Waals surface area contributed by atoms with E-state index in [-0.39, 0.29) is 0 Å². The lowest BCUT2D eigenvalue weighted by Crippen LogP contribution is -2.15. The highest BCUT2D eigenvalue weighted by molar-refractivity contribution is 7.11. The molecule has 1 aromatic rings. The zero-order chi connectivity index (χ0) is 9.26. The highest BCUT2D eigenvalue weighted by Crippen LogP contribution is 2.36. The van der Waals surface area contributed by atoms with E-state index < -0.39 is 0 Å². The summed E-state index contributed by atoms with van der Waals surface area (Å²) in [5.74, 6) is 1.89. The summed E-state index contributed by atoms with van der Waals surface area (Å²) in [7, 11) is 0. The molecule has 0 aromatic carbocycles. The van der Waals surface area contributed by atoms with Crippen LogP contribution in [0.25, 0.3) is 0 Å². The van der Waals surface area contributed by atoms with Crippen LogP contribution in [0.15, 0.2) is 6.20 Å². The fourth-order valence-corrected chi connectivity index (χ4v) is 2.32. The fourth-order valence-electron chi connectivity index (χ4n) is 1.55.